The number of nitrogens with zero attached hydrogens (tertiary/aromatic N) is 1. The number of benzene rings is 2. The summed E-state index contributed by atoms with van der Waals surface area (Å²) >= 11 is 0. The quantitative estimate of drug-likeness (QED) is 0.260. The molecule has 2 heterocycles. The molecule has 186 valence electrons. The topological polar surface area (TPSA) is 180 Å². The van der Waals surface area contributed by atoms with Gasteiger partial charge in [0.25, 0.3) is 0 Å². The Morgan fingerprint density at radius 2 is 1.83 bits per heavy atom. The number of aliphatic hydroxyl groups is 1. The molecule has 1 amide bonds. The van der Waals surface area contributed by atoms with Crippen molar-refractivity contribution in [1.82, 2.24) is 4.90 Å². The number of rotatable bonds is 1. The van der Waals surface area contributed by atoms with Gasteiger partial charge < -0.3 is 41.5 Å². The molecule has 2 aliphatic carbocycles. The van der Waals surface area contributed by atoms with E-state index in [0.717, 1.165) is 19.4 Å². The number of amides is 1. The summed E-state index contributed by atoms with van der Waals surface area (Å²) in [5.41, 5.74) is 12.1. The fourth-order valence-electron chi connectivity index (χ4n) is 5.93. The van der Waals surface area contributed by atoms with Crippen LogP contribution in [0, 0.1) is 5.92 Å². The number of carbonyl (C=O) groups is 2. The Bertz CT molecular complexity index is 1180. The highest BCUT2D eigenvalue weighted by atomic mass is 16.5. The molecular formula is C25H29N3O7. The van der Waals surface area contributed by atoms with Gasteiger partial charge in [-0.3, -0.25) is 0 Å². The number of likely N-dealkylation sites (tertiary alicyclic amines) is 1. The number of nitrogen functional groups attached to an aromatic ring is 1. The molecule has 0 radical (unpaired) electrons. The Hall–Kier alpha value is -3.76. The molecule has 10 heteroatoms. The Kier molecular flexibility index (Phi) is 6.35. The van der Waals surface area contributed by atoms with Crippen molar-refractivity contribution in [3.05, 3.63) is 65.2 Å². The number of piperidine rings is 1. The Morgan fingerprint density at radius 3 is 2.46 bits per heavy atom. The summed E-state index contributed by atoms with van der Waals surface area (Å²) in [7, 11) is 2.19. The number of aromatic carboxylic acids is 1. The summed E-state index contributed by atoms with van der Waals surface area (Å²) in [5, 5.41) is 36.3. The lowest BCUT2D eigenvalue weighted by Crippen LogP contribution is -2.64. The van der Waals surface area contributed by atoms with Gasteiger partial charge in [-0.25, -0.2) is 9.59 Å². The summed E-state index contributed by atoms with van der Waals surface area (Å²) < 4.78 is 6.09. The Morgan fingerprint density at radius 1 is 1.14 bits per heavy atom. The first-order valence-electron chi connectivity index (χ1n) is 11.2. The first-order chi connectivity index (χ1) is 16.6. The molecule has 8 N–H and O–H groups in total. The van der Waals surface area contributed by atoms with Gasteiger partial charge in [-0.15, -0.1) is 0 Å². The molecule has 5 atom stereocenters. The largest absolute Gasteiger partial charge is 0.504 e. The molecule has 0 aromatic heterocycles. The van der Waals surface area contributed by atoms with Gasteiger partial charge in [0.15, 0.2) is 11.5 Å². The summed E-state index contributed by atoms with van der Waals surface area (Å²) in [6.07, 6.45) is 3.84. The number of hydrogen-bond donors (Lipinski definition) is 6. The number of phenols is 1. The lowest BCUT2D eigenvalue weighted by molar-refractivity contribution is -0.0453. The van der Waals surface area contributed by atoms with Crippen LogP contribution in [0.2, 0.25) is 0 Å². The highest BCUT2D eigenvalue weighted by Gasteiger charge is 2.64. The number of likely N-dealkylation sites (N-methyl/N-ethyl adjacent to an activating group) is 1. The van der Waals surface area contributed by atoms with Crippen LogP contribution in [0.4, 0.5) is 10.5 Å². The van der Waals surface area contributed by atoms with Crippen LogP contribution in [-0.4, -0.2) is 69.2 Å². The van der Waals surface area contributed by atoms with E-state index < -0.39 is 18.2 Å². The molecule has 2 bridgehead atoms. The molecule has 10 nitrogen and oxygen atoms in total. The third-order valence-corrected chi connectivity index (χ3v) is 7.34. The monoisotopic (exact) mass is 483 g/mol. The van der Waals surface area contributed by atoms with Crippen molar-refractivity contribution in [3.63, 3.8) is 0 Å². The molecule has 2 aliphatic heterocycles. The second kappa shape index (κ2) is 9.12. The van der Waals surface area contributed by atoms with Crippen molar-refractivity contribution in [3.8, 4) is 11.5 Å². The van der Waals surface area contributed by atoms with E-state index in [2.05, 4.69) is 23.8 Å². The maximum Gasteiger partial charge on any atom is 0.402 e. The minimum atomic E-state index is -1.33. The molecule has 2 aromatic rings. The fraction of sp³-hybridized carbons (Fsp3) is 0.360. The van der Waals surface area contributed by atoms with Crippen LogP contribution in [-0.2, 0) is 11.8 Å². The van der Waals surface area contributed by atoms with E-state index in [-0.39, 0.29) is 22.8 Å². The van der Waals surface area contributed by atoms with Crippen LogP contribution in [0.3, 0.4) is 0 Å². The number of nitrogens with two attached hydrogens (primary N) is 2. The van der Waals surface area contributed by atoms with Crippen molar-refractivity contribution >= 4 is 17.7 Å². The number of carboxylic acid groups (broad SMARTS) is 2. The first-order valence-corrected chi connectivity index (χ1v) is 11.2. The second-order valence-corrected chi connectivity index (χ2v) is 9.16. The van der Waals surface area contributed by atoms with Gasteiger partial charge in [0.05, 0.1) is 5.56 Å². The van der Waals surface area contributed by atoms with E-state index in [9.17, 15) is 15.0 Å². The van der Waals surface area contributed by atoms with Gasteiger partial charge in [-0.05, 0) is 50.2 Å². The van der Waals surface area contributed by atoms with Crippen LogP contribution >= 0.6 is 0 Å². The highest BCUT2D eigenvalue weighted by Crippen LogP contribution is 2.62. The van der Waals surface area contributed by atoms with E-state index >= 15 is 0 Å². The Labute approximate surface area is 202 Å². The average Bonchev–Trinajstić information content (AvgIpc) is 3.15. The molecule has 35 heavy (non-hydrogen) atoms. The zero-order valence-corrected chi connectivity index (χ0v) is 19.2. The van der Waals surface area contributed by atoms with Crippen molar-refractivity contribution in [1.29, 1.82) is 0 Å². The zero-order chi connectivity index (χ0) is 25.5. The van der Waals surface area contributed by atoms with E-state index in [0.29, 0.717) is 23.4 Å². The number of ether oxygens (including phenoxy) is 1. The molecular weight excluding hydrogens is 454 g/mol. The summed E-state index contributed by atoms with van der Waals surface area (Å²) in [6.45, 7) is 1.01. The fourth-order valence-corrected chi connectivity index (χ4v) is 5.93. The minimum Gasteiger partial charge on any atom is -0.504 e. The predicted molar refractivity (Wildman–Crippen MR) is 128 cm³/mol. The summed E-state index contributed by atoms with van der Waals surface area (Å²) in [6, 6.07) is 10.6. The Balaban J connectivity index is 0.000000173. The van der Waals surface area contributed by atoms with Crippen LogP contribution < -0.4 is 16.2 Å². The molecule has 1 spiro atoms. The number of para-hydroxylation sites is 1. The van der Waals surface area contributed by atoms with Crippen LogP contribution in [0.25, 0.3) is 0 Å². The van der Waals surface area contributed by atoms with Crippen molar-refractivity contribution in [2.24, 2.45) is 11.7 Å². The number of phenolic OH excluding ortho intramolecular Hbond substituents is 1. The van der Waals surface area contributed by atoms with Gasteiger partial charge in [-0.2, -0.15) is 0 Å². The zero-order valence-electron chi connectivity index (χ0n) is 19.2. The van der Waals surface area contributed by atoms with Gasteiger partial charge in [0.1, 0.15) is 12.2 Å². The smallest absolute Gasteiger partial charge is 0.402 e. The molecule has 6 rings (SSSR count). The van der Waals surface area contributed by atoms with Crippen molar-refractivity contribution in [2.45, 2.75) is 36.5 Å². The lowest BCUT2D eigenvalue weighted by Gasteiger charge is -2.56. The van der Waals surface area contributed by atoms with E-state index in [4.69, 9.17) is 25.5 Å². The lowest BCUT2D eigenvalue weighted by atomic mass is 9.53. The van der Waals surface area contributed by atoms with Gasteiger partial charge in [-0.1, -0.05) is 30.4 Å². The standard InChI is InChI=1S/C17H19NO3.C7H7NO2.CH3NO2/c1-18-7-6-17-10-3-5-13(20)16(17)21-15-12(19)4-2-9(14(15)17)8-11(10)18;8-6-4-2-1-3-5(6)7(9)10;2-1(3)4/h2-5,10-11,13,16,19-20H,6-8H2,1H3;1-4H,8H2,(H,9,10);2H2,(H,3,4)/t10-,11+,13-,16-,17-;;/m0../s1. The molecule has 1 saturated heterocycles. The SMILES string of the molecule is CN1CC[C@]23c4c5ccc(O)c4O[C@H]2[C@@H](O)C=C[C@H]3[C@H]1C5.NC(=O)O.Nc1ccccc1C(=O)O. The van der Waals surface area contributed by atoms with Crippen LogP contribution in [0.1, 0.15) is 27.9 Å². The van der Waals surface area contributed by atoms with E-state index in [1.54, 1.807) is 24.3 Å². The van der Waals surface area contributed by atoms with Crippen molar-refractivity contribution in [2.75, 3.05) is 19.3 Å². The normalized spacial score (nSPS) is 28.9. The van der Waals surface area contributed by atoms with Crippen molar-refractivity contribution < 1.29 is 34.8 Å². The molecule has 2 aromatic carbocycles. The maximum atomic E-state index is 10.4. The van der Waals surface area contributed by atoms with E-state index in [1.165, 1.54) is 17.2 Å². The minimum absolute atomic E-state index is 0.155. The van der Waals surface area contributed by atoms with Gasteiger partial charge in [0.2, 0.25) is 0 Å². The molecule has 0 unspecified atom stereocenters. The number of aliphatic hydroxyl groups excluding tert-OH is 1. The molecule has 1 fully saturated rings. The number of hydrogen-bond acceptors (Lipinski definition) is 7. The average molecular weight is 484 g/mol. The third kappa shape index (κ3) is 4.04. The van der Waals surface area contributed by atoms with Gasteiger partial charge >= 0.3 is 12.1 Å². The number of aromatic hydroxyl groups is 1. The molecule has 0 saturated carbocycles. The third-order valence-electron chi connectivity index (χ3n) is 7.34. The second-order valence-electron chi connectivity index (χ2n) is 9.16. The maximum absolute atomic E-state index is 10.4. The number of carboxylic acids is 1. The summed E-state index contributed by atoms with van der Waals surface area (Å²) in [5.74, 6) is 0.201. The van der Waals surface area contributed by atoms with Crippen LogP contribution in [0.5, 0.6) is 11.5 Å². The summed E-state index contributed by atoms with van der Waals surface area (Å²) in [4.78, 5) is 21.6. The predicted octanol–water partition coefficient (Wildman–Crippen LogP) is 1.79. The number of primary amides is 1. The first kappa shape index (κ1) is 24.4. The number of anilines is 1. The highest BCUT2D eigenvalue weighted by molar-refractivity contribution is 5.93. The molecule has 4 aliphatic rings. The van der Waals surface area contributed by atoms with Crippen LogP contribution in [0.15, 0.2) is 48.6 Å². The van der Waals surface area contributed by atoms with Gasteiger partial charge in [0, 0.05) is 28.6 Å². The van der Waals surface area contributed by atoms with E-state index in [1.807, 2.05) is 12.1 Å².